The number of carboxylic acids is 2. The number of carbonyl (C=O) groups excluding carboxylic acids is 4. The van der Waals surface area contributed by atoms with Crippen molar-refractivity contribution in [1.82, 2.24) is 16.0 Å². The Kier molecular flexibility index (Phi) is 16.0. The van der Waals surface area contributed by atoms with Crippen molar-refractivity contribution in [1.29, 1.82) is 0 Å². The van der Waals surface area contributed by atoms with Gasteiger partial charge in [-0.05, 0) is 37.7 Å². The minimum Gasteiger partial charge on any atom is -0.481 e. The number of rotatable bonds is 19. The number of nitrogens with one attached hydrogen (secondary N) is 3. The van der Waals surface area contributed by atoms with Crippen LogP contribution in [-0.2, 0) is 28.8 Å². The molecule has 0 aliphatic heterocycles. The van der Waals surface area contributed by atoms with Gasteiger partial charge >= 0.3 is 11.9 Å². The van der Waals surface area contributed by atoms with Crippen LogP contribution < -0.4 is 38.9 Å². The van der Waals surface area contributed by atoms with Crippen LogP contribution >= 0.6 is 11.8 Å². The summed E-state index contributed by atoms with van der Waals surface area (Å²) in [5.74, 6) is -5.82. The van der Waals surface area contributed by atoms with Crippen LogP contribution in [0.5, 0.6) is 0 Å². The quantitative estimate of drug-likeness (QED) is 0.0429. The molecule has 13 N–H and O–H groups in total. The van der Waals surface area contributed by atoms with Crippen molar-refractivity contribution in [2.45, 2.75) is 62.7 Å². The molecule has 4 amide bonds. The van der Waals surface area contributed by atoms with Gasteiger partial charge in [0.25, 0.3) is 0 Å². The van der Waals surface area contributed by atoms with Crippen molar-refractivity contribution in [3.63, 3.8) is 0 Å². The van der Waals surface area contributed by atoms with E-state index in [4.69, 9.17) is 28.0 Å². The van der Waals surface area contributed by atoms with E-state index < -0.39 is 66.2 Å². The van der Waals surface area contributed by atoms with Crippen LogP contribution in [0.4, 0.5) is 0 Å². The molecule has 0 aliphatic rings. The third-order valence-electron chi connectivity index (χ3n) is 4.85. The summed E-state index contributed by atoms with van der Waals surface area (Å²) in [5, 5.41) is 25.1. The fraction of sp³-hybridized carbons (Fsp3) is 0.650. The maximum atomic E-state index is 13.0. The molecule has 0 heterocycles. The number of nitrogens with zero attached hydrogens (tertiary/aromatic N) is 1. The zero-order valence-corrected chi connectivity index (χ0v) is 21.3. The highest BCUT2D eigenvalue weighted by Gasteiger charge is 2.30. The lowest BCUT2D eigenvalue weighted by Gasteiger charge is -2.25. The molecule has 0 aromatic heterocycles. The molecule has 0 aliphatic carbocycles. The van der Waals surface area contributed by atoms with Crippen LogP contribution in [0.2, 0.25) is 0 Å². The molecule has 4 unspecified atom stereocenters. The molecule has 37 heavy (non-hydrogen) atoms. The number of guanidine groups is 1. The number of carbonyl (C=O) groups is 6. The number of nitrogens with two attached hydrogens (primary N) is 4. The van der Waals surface area contributed by atoms with E-state index in [1.807, 2.05) is 0 Å². The highest BCUT2D eigenvalue weighted by Crippen LogP contribution is 2.06. The average Bonchev–Trinajstić information content (AvgIpc) is 2.80. The molecular formula is C20H36N8O8S. The van der Waals surface area contributed by atoms with Crippen molar-refractivity contribution in [2.24, 2.45) is 27.9 Å². The fourth-order valence-electron chi connectivity index (χ4n) is 2.90. The van der Waals surface area contributed by atoms with Crippen molar-refractivity contribution in [3.8, 4) is 0 Å². The maximum Gasteiger partial charge on any atom is 0.326 e. The van der Waals surface area contributed by atoms with Gasteiger partial charge in [0.2, 0.25) is 23.6 Å². The minimum absolute atomic E-state index is 0.0462. The molecule has 210 valence electrons. The minimum atomic E-state index is -1.71. The van der Waals surface area contributed by atoms with Gasteiger partial charge in [-0.1, -0.05) is 0 Å². The van der Waals surface area contributed by atoms with E-state index in [9.17, 15) is 33.9 Å². The molecule has 0 radical (unpaired) electrons. The number of hydrogen-bond acceptors (Lipinski definition) is 9. The first-order valence-corrected chi connectivity index (χ1v) is 12.6. The van der Waals surface area contributed by atoms with Gasteiger partial charge in [-0.15, -0.1) is 0 Å². The van der Waals surface area contributed by atoms with Gasteiger partial charge in [0.15, 0.2) is 5.96 Å². The third kappa shape index (κ3) is 15.2. The Balaban J connectivity index is 5.59. The van der Waals surface area contributed by atoms with Crippen molar-refractivity contribution < 1.29 is 39.0 Å². The van der Waals surface area contributed by atoms with Gasteiger partial charge in [-0.2, -0.15) is 11.8 Å². The van der Waals surface area contributed by atoms with Crippen molar-refractivity contribution in [2.75, 3.05) is 18.6 Å². The van der Waals surface area contributed by atoms with Crippen LogP contribution in [0.25, 0.3) is 0 Å². The normalized spacial score (nSPS) is 13.8. The molecule has 0 saturated heterocycles. The van der Waals surface area contributed by atoms with E-state index in [1.165, 1.54) is 11.8 Å². The Morgan fingerprint density at radius 3 is 1.86 bits per heavy atom. The van der Waals surface area contributed by atoms with E-state index in [2.05, 4.69) is 20.9 Å². The Labute approximate surface area is 217 Å². The zero-order valence-electron chi connectivity index (χ0n) is 20.5. The second-order valence-electron chi connectivity index (χ2n) is 7.96. The summed E-state index contributed by atoms with van der Waals surface area (Å²) in [6, 6.07) is -5.25. The third-order valence-corrected chi connectivity index (χ3v) is 5.50. The number of aliphatic carboxylic acids is 2. The van der Waals surface area contributed by atoms with Gasteiger partial charge in [0.1, 0.15) is 18.1 Å². The summed E-state index contributed by atoms with van der Waals surface area (Å²) >= 11 is 1.36. The van der Waals surface area contributed by atoms with Crippen molar-refractivity contribution in [3.05, 3.63) is 0 Å². The average molecular weight is 549 g/mol. The Hall–Kier alpha value is -3.60. The van der Waals surface area contributed by atoms with Crippen LogP contribution in [0.1, 0.15) is 38.5 Å². The number of thioether (sulfide) groups is 1. The molecule has 0 saturated carbocycles. The highest BCUT2D eigenvalue weighted by molar-refractivity contribution is 7.98. The largest absolute Gasteiger partial charge is 0.481 e. The monoisotopic (exact) mass is 548 g/mol. The summed E-state index contributed by atoms with van der Waals surface area (Å²) in [5.41, 5.74) is 21.4. The first-order chi connectivity index (χ1) is 17.3. The van der Waals surface area contributed by atoms with E-state index in [1.54, 1.807) is 6.26 Å². The lowest BCUT2D eigenvalue weighted by molar-refractivity contribution is -0.147. The second-order valence-corrected chi connectivity index (χ2v) is 8.95. The number of aliphatic imine (C=N–C) groups is 1. The van der Waals surface area contributed by atoms with Gasteiger partial charge < -0.3 is 49.1 Å². The molecule has 0 spiro atoms. The fourth-order valence-corrected chi connectivity index (χ4v) is 3.38. The van der Waals surface area contributed by atoms with E-state index in [0.717, 1.165) is 0 Å². The highest BCUT2D eigenvalue weighted by atomic mass is 32.2. The number of amides is 4. The maximum absolute atomic E-state index is 13.0. The topological polar surface area (TPSA) is 295 Å². The van der Waals surface area contributed by atoms with Gasteiger partial charge in [0.05, 0.1) is 12.5 Å². The molecular weight excluding hydrogens is 512 g/mol. The summed E-state index contributed by atoms with van der Waals surface area (Å²) in [7, 11) is 0. The summed E-state index contributed by atoms with van der Waals surface area (Å²) in [4.78, 5) is 75.3. The van der Waals surface area contributed by atoms with Gasteiger partial charge in [-0.25, -0.2) is 4.79 Å². The standard InChI is InChI=1S/C20H36N8O8S/c1-37-8-6-12(18(34)28-13(19(35)36)9-15(30)31)27-17(33)11(3-2-7-25-20(23)24)26-16(32)10(21)4-5-14(22)29/h10-13H,2-9,21H2,1H3,(H2,22,29)(H,26,32)(H,27,33)(H,28,34)(H,30,31)(H,35,36)(H4,23,24,25). The predicted octanol–water partition coefficient (Wildman–Crippen LogP) is -3.60. The second kappa shape index (κ2) is 17.8. The van der Waals surface area contributed by atoms with Crippen LogP contribution in [0.3, 0.4) is 0 Å². The SMILES string of the molecule is CSCCC(NC(=O)C(CCCN=C(N)N)NC(=O)C(N)CCC(N)=O)C(=O)NC(CC(=O)O)C(=O)O. The first-order valence-electron chi connectivity index (χ1n) is 11.2. The first kappa shape index (κ1) is 33.4. The van der Waals surface area contributed by atoms with Crippen LogP contribution in [0.15, 0.2) is 4.99 Å². The molecule has 4 atom stereocenters. The van der Waals surface area contributed by atoms with Gasteiger partial charge in [-0.3, -0.25) is 29.0 Å². The molecule has 0 aromatic rings. The van der Waals surface area contributed by atoms with Gasteiger partial charge in [0, 0.05) is 13.0 Å². The Bertz CT molecular complexity index is 852. The smallest absolute Gasteiger partial charge is 0.326 e. The van der Waals surface area contributed by atoms with E-state index >= 15 is 0 Å². The lowest BCUT2D eigenvalue weighted by atomic mass is 10.1. The number of carboxylic acid groups (broad SMARTS) is 2. The Morgan fingerprint density at radius 1 is 0.838 bits per heavy atom. The summed E-state index contributed by atoms with van der Waals surface area (Å²) in [6.07, 6.45) is 1.08. The van der Waals surface area contributed by atoms with Crippen LogP contribution in [0, 0.1) is 0 Å². The molecule has 0 aromatic carbocycles. The molecule has 17 heteroatoms. The van der Waals surface area contributed by atoms with E-state index in [0.29, 0.717) is 5.75 Å². The summed E-state index contributed by atoms with van der Waals surface area (Å²) < 4.78 is 0. The molecule has 0 fully saturated rings. The number of hydrogen-bond donors (Lipinski definition) is 9. The van der Waals surface area contributed by atoms with Crippen molar-refractivity contribution >= 4 is 53.3 Å². The molecule has 16 nitrogen and oxygen atoms in total. The lowest BCUT2D eigenvalue weighted by Crippen LogP contribution is -2.57. The van der Waals surface area contributed by atoms with Crippen LogP contribution in [-0.4, -0.2) is 94.5 Å². The summed E-state index contributed by atoms with van der Waals surface area (Å²) in [6.45, 7) is 0.140. The molecule has 0 bridgehead atoms. The van der Waals surface area contributed by atoms with E-state index in [-0.39, 0.29) is 44.6 Å². The molecule has 0 rings (SSSR count). The Morgan fingerprint density at radius 2 is 1.38 bits per heavy atom. The zero-order chi connectivity index (χ0) is 28.5. The number of primary amides is 1. The predicted molar refractivity (Wildman–Crippen MR) is 135 cm³/mol.